The smallest absolute Gasteiger partial charge is 0.223 e. The number of carbonyl (C=O) groups is 1. The Labute approximate surface area is 122 Å². The lowest BCUT2D eigenvalue weighted by Gasteiger charge is -2.38. The number of piperidine rings is 1. The molecule has 0 saturated carbocycles. The summed E-state index contributed by atoms with van der Waals surface area (Å²) in [6.45, 7) is 7.18. The summed E-state index contributed by atoms with van der Waals surface area (Å²) in [6, 6.07) is 0.587. The second-order valence-corrected chi connectivity index (χ2v) is 6.20. The van der Waals surface area contributed by atoms with E-state index < -0.39 is 0 Å². The van der Waals surface area contributed by atoms with E-state index in [1.165, 1.54) is 12.8 Å². The second kappa shape index (κ2) is 7.80. The lowest BCUT2D eigenvalue weighted by molar-refractivity contribution is -0.130. The third kappa shape index (κ3) is 5.45. The molecule has 0 aromatic rings. The van der Waals surface area contributed by atoms with Crippen molar-refractivity contribution in [3.8, 4) is 0 Å². The molecular formula is C14H27N3OS. The van der Waals surface area contributed by atoms with Gasteiger partial charge in [0.1, 0.15) is 0 Å². The van der Waals surface area contributed by atoms with Gasteiger partial charge < -0.3 is 10.6 Å². The highest BCUT2D eigenvalue weighted by Gasteiger charge is 2.24. The number of nitrogens with two attached hydrogens (primary N) is 1. The van der Waals surface area contributed by atoms with Crippen LogP contribution >= 0.6 is 12.2 Å². The molecule has 0 radical (unpaired) electrons. The molecule has 1 amide bonds. The quantitative estimate of drug-likeness (QED) is 0.754. The number of likely N-dealkylation sites (tertiary alicyclic amines) is 1. The van der Waals surface area contributed by atoms with Gasteiger partial charge in [-0.05, 0) is 32.2 Å². The molecule has 1 aliphatic heterocycles. The van der Waals surface area contributed by atoms with Gasteiger partial charge in [0.15, 0.2) is 0 Å². The molecular weight excluding hydrogens is 258 g/mol. The number of carbonyl (C=O) groups excluding carboxylic acids is 1. The maximum Gasteiger partial charge on any atom is 0.223 e. The van der Waals surface area contributed by atoms with E-state index in [-0.39, 0.29) is 5.91 Å². The Hall–Kier alpha value is -0.680. The van der Waals surface area contributed by atoms with Crippen molar-refractivity contribution in [1.82, 2.24) is 9.80 Å². The van der Waals surface area contributed by atoms with Crippen molar-refractivity contribution in [3.63, 3.8) is 0 Å². The average Bonchev–Trinajstić information content (AvgIpc) is 2.37. The number of hydrogen-bond donors (Lipinski definition) is 1. The fourth-order valence-electron chi connectivity index (χ4n) is 2.57. The summed E-state index contributed by atoms with van der Waals surface area (Å²) >= 11 is 4.83. The molecule has 1 aliphatic rings. The van der Waals surface area contributed by atoms with E-state index in [1.807, 2.05) is 7.05 Å². The number of amides is 1. The van der Waals surface area contributed by atoms with Crippen LogP contribution in [0, 0.1) is 5.92 Å². The van der Waals surface area contributed by atoms with Crippen molar-refractivity contribution in [2.75, 3.05) is 26.7 Å². The molecule has 19 heavy (non-hydrogen) atoms. The second-order valence-electron chi connectivity index (χ2n) is 5.68. The Morgan fingerprint density at radius 3 is 2.74 bits per heavy atom. The number of hydrogen-bond acceptors (Lipinski definition) is 3. The van der Waals surface area contributed by atoms with Gasteiger partial charge >= 0.3 is 0 Å². The highest BCUT2D eigenvalue weighted by molar-refractivity contribution is 7.80. The van der Waals surface area contributed by atoms with Crippen LogP contribution in [-0.4, -0.2) is 53.4 Å². The van der Waals surface area contributed by atoms with Gasteiger partial charge in [-0.15, -0.1) is 0 Å². The molecule has 1 heterocycles. The minimum atomic E-state index is 0.182. The zero-order valence-electron chi connectivity index (χ0n) is 12.4. The van der Waals surface area contributed by atoms with Crippen LogP contribution < -0.4 is 5.73 Å². The van der Waals surface area contributed by atoms with Crippen LogP contribution in [0.4, 0.5) is 0 Å². The minimum absolute atomic E-state index is 0.182. The largest absolute Gasteiger partial charge is 0.393 e. The third-order valence-corrected chi connectivity index (χ3v) is 4.44. The van der Waals surface area contributed by atoms with E-state index in [0.29, 0.717) is 30.4 Å². The van der Waals surface area contributed by atoms with E-state index in [9.17, 15) is 4.79 Å². The first-order valence-corrected chi connectivity index (χ1v) is 7.59. The molecule has 0 aliphatic carbocycles. The Bertz CT molecular complexity index is 322. The molecule has 1 fully saturated rings. The molecule has 0 aromatic heterocycles. The normalized spacial score (nSPS) is 24.2. The van der Waals surface area contributed by atoms with Gasteiger partial charge in [0.05, 0.1) is 4.99 Å². The predicted molar refractivity (Wildman–Crippen MR) is 83.1 cm³/mol. The topological polar surface area (TPSA) is 49.6 Å². The summed E-state index contributed by atoms with van der Waals surface area (Å²) < 4.78 is 0. The molecule has 2 unspecified atom stereocenters. The van der Waals surface area contributed by atoms with Gasteiger partial charge in [-0.25, -0.2) is 0 Å². The van der Waals surface area contributed by atoms with E-state index >= 15 is 0 Å². The molecule has 2 atom stereocenters. The van der Waals surface area contributed by atoms with Gasteiger partial charge in [0.25, 0.3) is 0 Å². The molecule has 0 spiro atoms. The summed E-state index contributed by atoms with van der Waals surface area (Å²) in [6.07, 6.45) is 3.75. The van der Waals surface area contributed by atoms with Crippen LogP contribution in [0.5, 0.6) is 0 Å². The van der Waals surface area contributed by atoms with Crippen LogP contribution in [0.25, 0.3) is 0 Å². The van der Waals surface area contributed by atoms with Crippen LogP contribution in [0.15, 0.2) is 0 Å². The van der Waals surface area contributed by atoms with Gasteiger partial charge in [-0.2, -0.15) is 0 Å². The van der Waals surface area contributed by atoms with E-state index in [4.69, 9.17) is 18.0 Å². The molecule has 110 valence electrons. The van der Waals surface area contributed by atoms with Crippen molar-refractivity contribution >= 4 is 23.1 Å². The third-order valence-electron chi connectivity index (χ3n) is 4.24. The maximum absolute atomic E-state index is 12.0. The summed E-state index contributed by atoms with van der Waals surface area (Å²) in [4.78, 5) is 16.6. The van der Waals surface area contributed by atoms with Crippen molar-refractivity contribution < 1.29 is 4.79 Å². The lowest BCUT2D eigenvalue weighted by Crippen LogP contribution is -2.44. The monoisotopic (exact) mass is 285 g/mol. The van der Waals surface area contributed by atoms with Crippen molar-refractivity contribution in [3.05, 3.63) is 0 Å². The molecule has 1 saturated heterocycles. The van der Waals surface area contributed by atoms with Crippen LogP contribution in [0.1, 0.15) is 39.5 Å². The molecule has 5 heteroatoms. The molecule has 0 aromatic carbocycles. The fourth-order valence-corrected chi connectivity index (χ4v) is 2.66. The van der Waals surface area contributed by atoms with Gasteiger partial charge in [0, 0.05) is 39.0 Å². The molecule has 1 rings (SSSR count). The number of nitrogens with zero attached hydrogens (tertiary/aromatic N) is 2. The first-order chi connectivity index (χ1) is 8.91. The van der Waals surface area contributed by atoms with Gasteiger partial charge in [0.2, 0.25) is 5.91 Å². The summed E-state index contributed by atoms with van der Waals surface area (Å²) in [5.41, 5.74) is 5.45. The van der Waals surface area contributed by atoms with E-state index in [1.54, 1.807) is 4.90 Å². The summed E-state index contributed by atoms with van der Waals surface area (Å²) in [5.74, 6) is 0.915. The fraction of sp³-hybridized carbons (Fsp3) is 0.857. The minimum Gasteiger partial charge on any atom is -0.393 e. The van der Waals surface area contributed by atoms with Crippen LogP contribution in [0.3, 0.4) is 0 Å². The van der Waals surface area contributed by atoms with Crippen LogP contribution in [-0.2, 0) is 4.79 Å². The standard InChI is InChI=1S/C14H27N3OS/c1-11-5-4-8-17(12(11)2)10-7-14(18)16(3)9-6-13(15)19/h11-12H,4-10H2,1-3H3,(H2,15,19). The maximum atomic E-state index is 12.0. The highest BCUT2D eigenvalue weighted by Crippen LogP contribution is 2.22. The van der Waals surface area contributed by atoms with Crippen molar-refractivity contribution in [1.29, 1.82) is 0 Å². The zero-order valence-corrected chi connectivity index (χ0v) is 13.2. The Balaban J connectivity index is 2.30. The Morgan fingerprint density at radius 1 is 1.42 bits per heavy atom. The van der Waals surface area contributed by atoms with Crippen molar-refractivity contribution in [2.45, 2.75) is 45.6 Å². The SMILES string of the molecule is CC1CCCN(CCC(=O)N(C)CCC(N)=S)C1C. The lowest BCUT2D eigenvalue weighted by atomic mass is 9.92. The molecule has 4 nitrogen and oxygen atoms in total. The Kier molecular flexibility index (Phi) is 6.72. The Morgan fingerprint density at radius 2 is 2.11 bits per heavy atom. The summed E-state index contributed by atoms with van der Waals surface area (Å²) in [7, 11) is 1.82. The first kappa shape index (κ1) is 16.4. The zero-order chi connectivity index (χ0) is 14.4. The summed E-state index contributed by atoms with van der Waals surface area (Å²) in [5, 5.41) is 0. The van der Waals surface area contributed by atoms with Crippen LogP contribution in [0.2, 0.25) is 0 Å². The average molecular weight is 285 g/mol. The van der Waals surface area contributed by atoms with E-state index in [2.05, 4.69) is 18.7 Å². The molecule has 2 N–H and O–H groups in total. The first-order valence-electron chi connectivity index (χ1n) is 7.18. The number of thiocarbonyl (C=S) groups is 1. The number of rotatable bonds is 6. The van der Waals surface area contributed by atoms with E-state index in [0.717, 1.165) is 19.0 Å². The predicted octanol–water partition coefficient (Wildman–Crippen LogP) is 1.63. The van der Waals surface area contributed by atoms with Crippen molar-refractivity contribution in [2.24, 2.45) is 11.7 Å². The molecule has 0 bridgehead atoms. The van der Waals surface area contributed by atoms with Gasteiger partial charge in [-0.1, -0.05) is 19.1 Å². The highest BCUT2D eigenvalue weighted by atomic mass is 32.1. The van der Waals surface area contributed by atoms with Gasteiger partial charge in [-0.3, -0.25) is 9.69 Å².